The van der Waals surface area contributed by atoms with Crippen LogP contribution in [-0.4, -0.2) is 37.5 Å². The first-order chi connectivity index (χ1) is 5.78. The Balaban J connectivity index is 3.65. The topological polar surface area (TPSA) is 41.5 Å². The molecule has 0 aromatic carbocycles. The van der Waals surface area contributed by atoms with Crippen molar-refractivity contribution >= 4 is 0 Å². The number of hydrogen-bond donors (Lipinski definition) is 2. The number of methoxy groups -OCH3 is 1. The summed E-state index contributed by atoms with van der Waals surface area (Å²) in [6, 6.07) is 0.581. The molecule has 3 nitrogen and oxygen atoms in total. The first-order valence-corrected chi connectivity index (χ1v) is 4.64. The molecule has 2 N–H and O–H groups in total. The standard InChI is InChI=1S/C9H21NO2/c1-4-8(5-2)10-9(6-11)7-12-3/h8-11H,4-7H2,1-3H3. The summed E-state index contributed by atoms with van der Waals surface area (Å²) in [4.78, 5) is 0. The first-order valence-electron chi connectivity index (χ1n) is 4.64. The van der Waals surface area contributed by atoms with Crippen LogP contribution in [0.25, 0.3) is 0 Å². The summed E-state index contributed by atoms with van der Waals surface area (Å²) >= 11 is 0. The Hall–Kier alpha value is -0.120. The van der Waals surface area contributed by atoms with E-state index in [1.54, 1.807) is 7.11 Å². The second-order valence-electron chi connectivity index (χ2n) is 3.01. The summed E-state index contributed by atoms with van der Waals surface area (Å²) in [6.07, 6.45) is 2.19. The molecule has 0 spiro atoms. The Labute approximate surface area is 75.1 Å². The molecule has 0 fully saturated rings. The molecule has 12 heavy (non-hydrogen) atoms. The number of hydrogen-bond acceptors (Lipinski definition) is 3. The molecule has 0 heterocycles. The third-order valence-electron chi connectivity index (χ3n) is 2.05. The van der Waals surface area contributed by atoms with Gasteiger partial charge in [-0.05, 0) is 12.8 Å². The lowest BCUT2D eigenvalue weighted by Gasteiger charge is -2.21. The van der Waals surface area contributed by atoms with E-state index in [1.807, 2.05) is 0 Å². The summed E-state index contributed by atoms with van der Waals surface area (Å²) in [7, 11) is 1.65. The van der Waals surface area contributed by atoms with Gasteiger partial charge in [0.15, 0.2) is 0 Å². The fourth-order valence-corrected chi connectivity index (χ4v) is 1.21. The SMILES string of the molecule is CCC(CC)NC(CO)COC. The second-order valence-corrected chi connectivity index (χ2v) is 3.01. The summed E-state index contributed by atoms with van der Waals surface area (Å²) in [5, 5.41) is 12.3. The van der Waals surface area contributed by atoms with Crippen molar-refractivity contribution in [1.29, 1.82) is 0 Å². The van der Waals surface area contributed by atoms with E-state index in [9.17, 15) is 0 Å². The monoisotopic (exact) mass is 175 g/mol. The van der Waals surface area contributed by atoms with Crippen LogP contribution in [0.3, 0.4) is 0 Å². The number of aliphatic hydroxyl groups excluding tert-OH is 1. The van der Waals surface area contributed by atoms with Crippen molar-refractivity contribution in [1.82, 2.24) is 5.32 Å². The maximum atomic E-state index is 8.95. The summed E-state index contributed by atoms with van der Waals surface area (Å²) < 4.78 is 4.96. The van der Waals surface area contributed by atoms with Crippen molar-refractivity contribution in [3.05, 3.63) is 0 Å². The first kappa shape index (κ1) is 11.9. The molecular formula is C9H21NO2. The molecule has 3 heteroatoms. The summed E-state index contributed by atoms with van der Waals surface area (Å²) in [5.74, 6) is 0. The molecule has 0 rings (SSSR count). The zero-order valence-corrected chi connectivity index (χ0v) is 8.34. The van der Waals surface area contributed by atoms with Gasteiger partial charge in [0.2, 0.25) is 0 Å². The predicted octanol–water partition coefficient (Wildman–Crippen LogP) is 0.772. The van der Waals surface area contributed by atoms with Crippen molar-refractivity contribution in [3.63, 3.8) is 0 Å². The minimum atomic E-state index is 0.0832. The molecule has 0 aromatic heterocycles. The van der Waals surface area contributed by atoms with E-state index in [2.05, 4.69) is 19.2 Å². The minimum Gasteiger partial charge on any atom is -0.395 e. The molecule has 0 saturated heterocycles. The lowest BCUT2D eigenvalue weighted by atomic mass is 10.1. The molecule has 0 aliphatic carbocycles. The van der Waals surface area contributed by atoms with Crippen LogP contribution >= 0.6 is 0 Å². The van der Waals surface area contributed by atoms with E-state index in [4.69, 9.17) is 9.84 Å². The van der Waals surface area contributed by atoms with Crippen molar-refractivity contribution in [2.45, 2.75) is 38.8 Å². The Morgan fingerprint density at radius 2 is 1.83 bits per heavy atom. The highest BCUT2D eigenvalue weighted by Crippen LogP contribution is 1.98. The lowest BCUT2D eigenvalue weighted by molar-refractivity contribution is 0.121. The minimum absolute atomic E-state index is 0.0832. The van der Waals surface area contributed by atoms with E-state index >= 15 is 0 Å². The van der Waals surface area contributed by atoms with Gasteiger partial charge in [0.25, 0.3) is 0 Å². The number of ether oxygens (including phenoxy) is 1. The molecule has 0 bridgehead atoms. The van der Waals surface area contributed by atoms with E-state index in [0.29, 0.717) is 12.6 Å². The Bertz CT molecular complexity index is 94.5. The van der Waals surface area contributed by atoms with Crippen molar-refractivity contribution < 1.29 is 9.84 Å². The Morgan fingerprint density at radius 3 is 2.17 bits per heavy atom. The fraction of sp³-hybridized carbons (Fsp3) is 1.00. The molecule has 0 aliphatic heterocycles. The smallest absolute Gasteiger partial charge is 0.0638 e. The van der Waals surface area contributed by atoms with Crippen LogP contribution in [0.4, 0.5) is 0 Å². The highest BCUT2D eigenvalue weighted by Gasteiger charge is 2.10. The highest BCUT2D eigenvalue weighted by atomic mass is 16.5. The quantitative estimate of drug-likeness (QED) is 0.600. The van der Waals surface area contributed by atoms with Gasteiger partial charge >= 0.3 is 0 Å². The molecule has 0 aromatic rings. The van der Waals surface area contributed by atoms with Crippen LogP contribution in [0.1, 0.15) is 26.7 Å². The molecule has 0 amide bonds. The number of nitrogens with one attached hydrogen (secondary N) is 1. The Kier molecular flexibility index (Phi) is 7.45. The van der Waals surface area contributed by atoms with Crippen LogP contribution < -0.4 is 5.32 Å². The van der Waals surface area contributed by atoms with Gasteiger partial charge in [0.1, 0.15) is 0 Å². The molecular weight excluding hydrogens is 154 g/mol. The molecule has 74 valence electrons. The van der Waals surface area contributed by atoms with E-state index < -0.39 is 0 Å². The lowest BCUT2D eigenvalue weighted by Crippen LogP contribution is -2.42. The van der Waals surface area contributed by atoms with Crippen molar-refractivity contribution in [2.75, 3.05) is 20.3 Å². The molecule has 1 atom stereocenters. The van der Waals surface area contributed by atoms with Gasteiger partial charge in [-0.1, -0.05) is 13.8 Å². The molecule has 0 saturated carbocycles. The predicted molar refractivity (Wildman–Crippen MR) is 50.3 cm³/mol. The maximum Gasteiger partial charge on any atom is 0.0638 e. The summed E-state index contributed by atoms with van der Waals surface area (Å²) in [6.45, 7) is 5.00. The van der Waals surface area contributed by atoms with Gasteiger partial charge in [0, 0.05) is 13.2 Å². The van der Waals surface area contributed by atoms with Gasteiger partial charge in [-0.2, -0.15) is 0 Å². The zero-order chi connectivity index (χ0) is 9.40. The average Bonchev–Trinajstić information content (AvgIpc) is 2.12. The van der Waals surface area contributed by atoms with E-state index in [1.165, 1.54) is 0 Å². The molecule has 0 aliphatic rings. The van der Waals surface area contributed by atoms with Gasteiger partial charge in [0.05, 0.1) is 19.3 Å². The third-order valence-corrected chi connectivity index (χ3v) is 2.05. The number of rotatable bonds is 7. The van der Waals surface area contributed by atoms with Crippen LogP contribution in [-0.2, 0) is 4.74 Å². The largest absolute Gasteiger partial charge is 0.395 e. The normalized spacial score (nSPS) is 13.8. The van der Waals surface area contributed by atoms with Gasteiger partial charge in [-0.3, -0.25) is 0 Å². The van der Waals surface area contributed by atoms with Gasteiger partial charge in [-0.15, -0.1) is 0 Å². The van der Waals surface area contributed by atoms with Crippen LogP contribution in [0.5, 0.6) is 0 Å². The third kappa shape index (κ3) is 4.70. The molecule has 1 unspecified atom stereocenters. The van der Waals surface area contributed by atoms with Crippen LogP contribution in [0.15, 0.2) is 0 Å². The van der Waals surface area contributed by atoms with Gasteiger partial charge in [-0.25, -0.2) is 0 Å². The van der Waals surface area contributed by atoms with Crippen molar-refractivity contribution in [2.24, 2.45) is 0 Å². The van der Waals surface area contributed by atoms with E-state index in [-0.39, 0.29) is 12.6 Å². The second kappa shape index (κ2) is 7.53. The van der Waals surface area contributed by atoms with Crippen LogP contribution in [0.2, 0.25) is 0 Å². The van der Waals surface area contributed by atoms with Crippen molar-refractivity contribution in [3.8, 4) is 0 Å². The highest BCUT2D eigenvalue weighted by molar-refractivity contribution is 4.71. The average molecular weight is 175 g/mol. The zero-order valence-electron chi connectivity index (χ0n) is 8.34. The van der Waals surface area contributed by atoms with Crippen LogP contribution in [0, 0.1) is 0 Å². The summed E-state index contributed by atoms with van der Waals surface area (Å²) in [5.41, 5.74) is 0. The molecule has 0 radical (unpaired) electrons. The number of aliphatic hydroxyl groups is 1. The van der Waals surface area contributed by atoms with Gasteiger partial charge < -0.3 is 15.2 Å². The maximum absolute atomic E-state index is 8.95. The Morgan fingerprint density at radius 1 is 1.25 bits per heavy atom. The fourth-order valence-electron chi connectivity index (χ4n) is 1.21. The van der Waals surface area contributed by atoms with E-state index in [0.717, 1.165) is 12.8 Å².